The summed E-state index contributed by atoms with van der Waals surface area (Å²) in [5, 5.41) is 10.9. The van der Waals surface area contributed by atoms with Gasteiger partial charge in [0.05, 0.1) is 6.54 Å². The molecule has 0 heterocycles. The molecule has 0 fully saturated rings. The van der Waals surface area contributed by atoms with Crippen molar-refractivity contribution in [1.29, 1.82) is 0 Å². The van der Waals surface area contributed by atoms with E-state index in [2.05, 4.69) is 21.3 Å². The summed E-state index contributed by atoms with van der Waals surface area (Å²) < 4.78 is 12.9. The van der Waals surface area contributed by atoms with E-state index in [4.69, 9.17) is 11.6 Å². The summed E-state index contributed by atoms with van der Waals surface area (Å²) in [5.74, 6) is -1.22. The number of anilines is 1. The van der Waals surface area contributed by atoms with Crippen molar-refractivity contribution >= 4 is 35.1 Å². The average Bonchev–Trinajstić information content (AvgIpc) is 2.73. The maximum absolute atomic E-state index is 12.9. The third-order valence-corrected chi connectivity index (χ3v) is 4.37. The minimum atomic E-state index is -0.786. The molecule has 0 aromatic heterocycles. The lowest BCUT2D eigenvalue weighted by Gasteiger charge is -2.18. The van der Waals surface area contributed by atoms with Gasteiger partial charge < -0.3 is 21.3 Å². The molecule has 4 N–H and O–H groups in total. The Balaban J connectivity index is 1.79. The van der Waals surface area contributed by atoms with Gasteiger partial charge in [-0.15, -0.1) is 0 Å². The van der Waals surface area contributed by atoms with Gasteiger partial charge in [-0.2, -0.15) is 0 Å². The number of hydrogen-bond acceptors (Lipinski definition) is 3. The van der Waals surface area contributed by atoms with Crippen LogP contribution in [0.15, 0.2) is 48.5 Å². The number of halogens is 2. The smallest absolute Gasteiger partial charge is 0.315 e. The van der Waals surface area contributed by atoms with Crippen molar-refractivity contribution in [3.05, 3.63) is 64.9 Å². The van der Waals surface area contributed by atoms with E-state index in [9.17, 15) is 18.8 Å². The fourth-order valence-electron chi connectivity index (χ4n) is 2.58. The Bertz CT molecular complexity index is 860. The minimum Gasteiger partial charge on any atom is -0.345 e. The van der Waals surface area contributed by atoms with Crippen molar-refractivity contribution in [2.45, 2.75) is 32.4 Å². The summed E-state index contributed by atoms with van der Waals surface area (Å²) in [6.45, 7) is 1.84. The molecule has 1 unspecified atom stereocenters. The van der Waals surface area contributed by atoms with Gasteiger partial charge in [0.1, 0.15) is 11.9 Å². The quantitative estimate of drug-likeness (QED) is 0.487. The maximum atomic E-state index is 12.9. The highest BCUT2D eigenvalue weighted by molar-refractivity contribution is 6.30. The van der Waals surface area contributed by atoms with Gasteiger partial charge in [-0.1, -0.05) is 37.1 Å². The van der Waals surface area contributed by atoms with Gasteiger partial charge in [-0.25, -0.2) is 9.18 Å². The summed E-state index contributed by atoms with van der Waals surface area (Å²) in [6.07, 6.45) is 1.07. The van der Waals surface area contributed by atoms with Crippen LogP contribution in [0.4, 0.5) is 14.9 Å². The van der Waals surface area contributed by atoms with Crippen LogP contribution in [-0.2, 0) is 16.1 Å². The highest BCUT2D eigenvalue weighted by Crippen LogP contribution is 2.13. The van der Waals surface area contributed by atoms with Crippen molar-refractivity contribution in [2.75, 3.05) is 11.9 Å². The van der Waals surface area contributed by atoms with Crippen molar-refractivity contribution in [3.8, 4) is 0 Å². The first-order valence-corrected chi connectivity index (χ1v) is 9.87. The van der Waals surface area contributed by atoms with Crippen LogP contribution in [0.1, 0.15) is 25.3 Å². The molecule has 4 amide bonds. The number of amides is 4. The lowest BCUT2D eigenvalue weighted by molar-refractivity contribution is -0.125. The second-order valence-electron chi connectivity index (χ2n) is 6.57. The largest absolute Gasteiger partial charge is 0.345 e. The van der Waals surface area contributed by atoms with Crippen molar-refractivity contribution < 1.29 is 18.8 Å². The van der Waals surface area contributed by atoms with E-state index in [1.54, 1.807) is 36.4 Å². The average molecular weight is 435 g/mol. The van der Waals surface area contributed by atoms with Gasteiger partial charge in [0.25, 0.3) is 0 Å². The topological polar surface area (TPSA) is 99.3 Å². The fourth-order valence-corrected chi connectivity index (χ4v) is 2.71. The third-order valence-electron chi connectivity index (χ3n) is 4.12. The van der Waals surface area contributed by atoms with Crippen molar-refractivity contribution in [2.24, 2.45) is 0 Å². The van der Waals surface area contributed by atoms with E-state index < -0.39 is 23.9 Å². The first kappa shape index (κ1) is 23.2. The van der Waals surface area contributed by atoms with Crippen LogP contribution >= 0.6 is 11.6 Å². The Morgan fingerprint density at radius 3 is 2.30 bits per heavy atom. The van der Waals surface area contributed by atoms with Crippen LogP contribution in [0.5, 0.6) is 0 Å². The molecule has 0 saturated carbocycles. The number of hydrogen-bond donors (Lipinski definition) is 4. The van der Waals surface area contributed by atoms with Crippen LogP contribution in [0.25, 0.3) is 0 Å². The SMILES string of the molecule is CCCC(NC(=O)NCc1ccc(F)cc1)C(=O)NCC(=O)Nc1ccc(Cl)cc1. The molecule has 2 aromatic rings. The van der Waals surface area contributed by atoms with Crippen LogP contribution in [0.2, 0.25) is 5.02 Å². The maximum Gasteiger partial charge on any atom is 0.315 e. The van der Waals surface area contributed by atoms with E-state index in [1.807, 2.05) is 6.92 Å². The molecule has 0 spiro atoms. The number of rotatable bonds is 9. The van der Waals surface area contributed by atoms with Gasteiger partial charge in [0.2, 0.25) is 11.8 Å². The Morgan fingerprint density at radius 1 is 1.00 bits per heavy atom. The number of carbonyl (C=O) groups excluding carboxylic acids is 3. The Kier molecular flexibility index (Phi) is 9.08. The Labute approximate surface area is 179 Å². The van der Waals surface area contributed by atoms with Gasteiger partial charge in [-0.05, 0) is 48.4 Å². The summed E-state index contributed by atoms with van der Waals surface area (Å²) in [6, 6.07) is 11.0. The second-order valence-corrected chi connectivity index (χ2v) is 7.00. The normalized spacial score (nSPS) is 11.3. The molecule has 0 bridgehead atoms. The first-order valence-electron chi connectivity index (χ1n) is 9.49. The molecule has 0 saturated heterocycles. The molecule has 30 heavy (non-hydrogen) atoms. The molecule has 0 aliphatic heterocycles. The zero-order valence-corrected chi connectivity index (χ0v) is 17.3. The molecule has 2 aromatic carbocycles. The van der Waals surface area contributed by atoms with Gasteiger partial charge in [-0.3, -0.25) is 9.59 Å². The predicted molar refractivity (Wildman–Crippen MR) is 114 cm³/mol. The second kappa shape index (κ2) is 11.8. The lowest BCUT2D eigenvalue weighted by Crippen LogP contribution is -2.50. The zero-order chi connectivity index (χ0) is 21.9. The highest BCUT2D eigenvalue weighted by Gasteiger charge is 2.20. The summed E-state index contributed by atoms with van der Waals surface area (Å²) in [4.78, 5) is 36.5. The highest BCUT2D eigenvalue weighted by atomic mass is 35.5. The molecule has 160 valence electrons. The zero-order valence-electron chi connectivity index (χ0n) is 16.5. The lowest BCUT2D eigenvalue weighted by atomic mass is 10.1. The molecule has 1 atom stereocenters. The molecule has 7 nitrogen and oxygen atoms in total. The van der Waals surface area contributed by atoms with E-state index >= 15 is 0 Å². The van der Waals surface area contributed by atoms with E-state index in [1.165, 1.54) is 12.1 Å². The molecule has 9 heteroatoms. The van der Waals surface area contributed by atoms with E-state index in [-0.39, 0.29) is 18.9 Å². The number of urea groups is 1. The van der Waals surface area contributed by atoms with Crippen LogP contribution in [0, 0.1) is 5.82 Å². The summed E-state index contributed by atoms with van der Waals surface area (Å²) in [7, 11) is 0. The first-order chi connectivity index (χ1) is 14.4. The molecule has 0 aliphatic rings. The van der Waals surface area contributed by atoms with Gasteiger partial charge in [0, 0.05) is 17.3 Å². The predicted octanol–water partition coefficient (Wildman–Crippen LogP) is 3.20. The fraction of sp³-hybridized carbons (Fsp3) is 0.286. The monoisotopic (exact) mass is 434 g/mol. The molecule has 0 radical (unpaired) electrons. The van der Waals surface area contributed by atoms with Crippen molar-refractivity contribution in [1.82, 2.24) is 16.0 Å². The number of benzene rings is 2. The van der Waals surface area contributed by atoms with E-state index in [0.717, 1.165) is 5.56 Å². The molecule has 0 aliphatic carbocycles. The molecular weight excluding hydrogens is 411 g/mol. The third kappa shape index (κ3) is 8.08. The van der Waals surface area contributed by atoms with E-state index in [0.29, 0.717) is 23.6 Å². The molecular formula is C21H24ClFN4O3. The van der Waals surface area contributed by atoms with Gasteiger partial charge >= 0.3 is 6.03 Å². The Morgan fingerprint density at radius 2 is 1.67 bits per heavy atom. The standard InChI is InChI=1S/C21H24ClFN4O3/c1-2-3-18(27-21(30)25-12-14-4-8-16(23)9-5-14)20(29)24-13-19(28)26-17-10-6-15(22)7-11-17/h4-11,18H,2-3,12-13H2,1H3,(H,24,29)(H,26,28)(H2,25,27,30). The minimum absolute atomic E-state index is 0.191. The molecule has 2 rings (SSSR count). The number of carbonyl (C=O) groups is 3. The summed E-state index contributed by atoms with van der Waals surface area (Å²) in [5.41, 5.74) is 1.28. The van der Waals surface area contributed by atoms with Crippen molar-refractivity contribution in [3.63, 3.8) is 0 Å². The van der Waals surface area contributed by atoms with Crippen LogP contribution < -0.4 is 21.3 Å². The van der Waals surface area contributed by atoms with Gasteiger partial charge in [0.15, 0.2) is 0 Å². The Hall–Kier alpha value is -3.13. The summed E-state index contributed by atoms with van der Waals surface area (Å²) >= 11 is 5.80. The van der Waals surface area contributed by atoms with Crippen LogP contribution in [0.3, 0.4) is 0 Å². The van der Waals surface area contributed by atoms with Crippen LogP contribution in [-0.4, -0.2) is 30.4 Å². The number of nitrogens with one attached hydrogen (secondary N) is 4.